The van der Waals surface area contributed by atoms with Crippen molar-refractivity contribution < 1.29 is 39.9 Å². The monoisotopic (exact) mass is 487 g/mol. The minimum Gasteiger partial charge on any atom is -0.508 e. The lowest BCUT2D eigenvalue weighted by molar-refractivity contribution is -0.209. The molecule has 0 heterocycles. The molecular formula is C22H25N5O8. The third kappa shape index (κ3) is 3.06. The normalized spacial score (nSPS) is 33.9. The van der Waals surface area contributed by atoms with Gasteiger partial charge in [-0.25, -0.2) is 0 Å². The maximum Gasteiger partial charge on any atom is 0.255 e. The number of rotatable bonds is 3. The number of primary amides is 1. The van der Waals surface area contributed by atoms with Crippen LogP contribution in [0, 0.1) is 17.8 Å². The molecule has 3 aliphatic rings. The van der Waals surface area contributed by atoms with Gasteiger partial charge in [-0.1, -0.05) is 12.0 Å². The highest BCUT2D eigenvalue weighted by molar-refractivity contribution is 6.20. The standard InChI is InChI=1S/C22H25N5O8/c1-6-11-9(27(2)3)5-8(25-26-24)17(30)14(11)18(31)15-12(6)16(29)7-4-10(28)13(21(23)34)19(32)22(7,35)20(15)33/h5-7,12,15-16,20,29-30,32-33,35H,4H2,1-3H3,(H2,23,34)/t6-,7?,12?,15?,16+,20+,22?/m0/s1. The van der Waals surface area contributed by atoms with E-state index < -0.39 is 82.5 Å². The molecule has 0 spiro atoms. The number of fused-ring (bicyclic) bond motifs is 3. The summed E-state index contributed by atoms with van der Waals surface area (Å²) in [6, 6.07) is 1.39. The summed E-state index contributed by atoms with van der Waals surface area (Å²) in [6.45, 7) is 1.65. The van der Waals surface area contributed by atoms with Crippen LogP contribution in [-0.2, 0) is 9.59 Å². The van der Waals surface area contributed by atoms with Crippen LogP contribution < -0.4 is 10.6 Å². The third-order valence-corrected chi connectivity index (χ3v) is 7.64. The van der Waals surface area contributed by atoms with Crippen LogP contribution in [-0.4, -0.2) is 74.9 Å². The van der Waals surface area contributed by atoms with Gasteiger partial charge in [-0.2, -0.15) is 0 Å². The SMILES string of the molecule is C[C@H]1c2c(N(C)C)cc(N=[N+]=[N-])c(O)c2C(=O)C2C1[C@H](O)C1CC(=O)C(C(N)=O)=C(O)C1(O)[C@@H]2O. The second-order valence-corrected chi connectivity index (χ2v) is 9.47. The third-order valence-electron chi connectivity index (χ3n) is 7.64. The Balaban J connectivity index is 2.00. The van der Waals surface area contributed by atoms with Gasteiger partial charge in [0, 0.05) is 43.0 Å². The number of aromatic hydroxyl groups is 1. The van der Waals surface area contributed by atoms with Gasteiger partial charge in [-0.3, -0.25) is 14.4 Å². The fourth-order valence-electron chi connectivity index (χ4n) is 6.07. The minimum absolute atomic E-state index is 0.238. The maximum atomic E-state index is 13.8. The number of carbonyl (C=O) groups is 3. The van der Waals surface area contributed by atoms with Crippen LogP contribution in [0.15, 0.2) is 22.5 Å². The largest absolute Gasteiger partial charge is 0.508 e. The first-order valence-electron chi connectivity index (χ1n) is 10.8. The average molecular weight is 487 g/mol. The average Bonchev–Trinajstić information content (AvgIpc) is 2.77. The lowest BCUT2D eigenvalue weighted by Crippen LogP contribution is -2.69. The van der Waals surface area contributed by atoms with Gasteiger partial charge in [0.05, 0.1) is 23.3 Å². The van der Waals surface area contributed by atoms with Crippen LogP contribution in [0.4, 0.5) is 11.4 Å². The lowest BCUT2D eigenvalue weighted by Gasteiger charge is -2.56. The Hall–Kier alpha value is -3.64. The number of nitrogens with zero attached hydrogens (tertiary/aromatic N) is 4. The van der Waals surface area contributed by atoms with Crippen molar-refractivity contribution in [2.75, 3.05) is 19.0 Å². The maximum absolute atomic E-state index is 13.8. The Labute approximate surface area is 198 Å². The van der Waals surface area contributed by atoms with Crippen LogP contribution in [0.5, 0.6) is 5.75 Å². The summed E-state index contributed by atoms with van der Waals surface area (Å²) >= 11 is 0. The number of phenolic OH excluding ortho intramolecular Hbond substituents is 1. The molecule has 7 atom stereocenters. The number of carbonyl (C=O) groups excluding carboxylic acids is 3. The molecular weight excluding hydrogens is 462 g/mol. The van der Waals surface area contributed by atoms with Crippen molar-refractivity contribution >= 4 is 28.8 Å². The molecule has 1 amide bonds. The molecule has 1 fully saturated rings. The minimum atomic E-state index is -2.73. The van der Waals surface area contributed by atoms with Crippen molar-refractivity contribution in [2.45, 2.75) is 37.1 Å². The molecule has 13 heteroatoms. The predicted octanol–water partition coefficient (Wildman–Crippen LogP) is 0.285. The van der Waals surface area contributed by atoms with E-state index in [1.165, 1.54) is 6.07 Å². The van der Waals surface area contributed by atoms with Gasteiger partial charge in [0.25, 0.3) is 5.91 Å². The number of amides is 1. The van der Waals surface area contributed by atoms with E-state index in [2.05, 4.69) is 10.0 Å². The molecule has 4 unspecified atom stereocenters. The Morgan fingerprint density at radius 3 is 2.46 bits per heavy atom. The molecule has 1 aromatic rings. The highest BCUT2D eigenvalue weighted by Gasteiger charge is 2.67. The number of nitrogens with two attached hydrogens (primary N) is 1. The van der Waals surface area contributed by atoms with Crippen molar-refractivity contribution in [3.05, 3.63) is 39.0 Å². The summed E-state index contributed by atoms with van der Waals surface area (Å²) in [7, 11) is 3.32. The Morgan fingerprint density at radius 1 is 1.29 bits per heavy atom. The highest BCUT2D eigenvalue weighted by Crippen LogP contribution is 2.58. The molecule has 0 bridgehead atoms. The lowest BCUT2D eigenvalue weighted by atomic mass is 9.51. The van der Waals surface area contributed by atoms with Crippen LogP contribution in [0.2, 0.25) is 0 Å². The summed E-state index contributed by atoms with van der Waals surface area (Å²) in [6.07, 6.45) is -4.25. The number of azide groups is 1. The first-order valence-corrected chi connectivity index (χ1v) is 10.8. The van der Waals surface area contributed by atoms with Crippen LogP contribution in [0.3, 0.4) is 0 Å². The zero-order chi connectivity index (χ0) is 26.1. The van der Waals surface area contributed by atoms with Crippen molar-refractivity contribution in [1.82, 2.24) is 0 Å². The second-order valence-electron chi connectivity index (χ2n) is 9.47. The van der Waals surface area contributed by atoms with Gasteiger partial charge in [-0.05, 0) is 23.1 Å². The molecule has 186 valence electrons. The molecule has 0 radical (unpaired) electrons. The number of aliphatic hydroxyl groups excluding tert-OH is 3. The summed E-state index contributed by atoms with van der Waals surface area (Å²) in [4.78, 5) is 42.3. The first kappa shape index (κ1) is 24.5. The topological polar surface area (TPSA) is 230 Å². The molecule has 4 rings (SSSR count). The molecule has 0 aliphatic heterocycles. The van der Waals surface area contributed by atoms with Crippen molar-refractivity contribution in [1.29, 1.82) is 0 Å². The summed E-state index contributed by atoms with van der Waals surface area (Å²) in [5.41, 5.74) is 10.7. The molecule has 7 N–H and O–H groups in total. The van der Waals surface area contributed by atoms with E-state index in [9.17, 15) is 39.9 Å². The number of ketones is 2. The van der Waals surface area contributed by atoms with Crippen LogP contribution >= 0.6 is 0 Å². The smallest absolute Gasteiger partial charge is 0.255 e. The van der Waals surface area contributed by atoms with Crippen molar-refractivity contribution in [3.8, 4) is 5.75 Å². The van der Waals surface area contributed by atoms with Gasteiger partial charge in [-0.15, -0.1) is 0 Å². The van der Waals surface area contributed by atoms with Crippen molar-refractivity contribution in [2.24, 2.45) is 28.6 Å². The van der Waals surface area contributed by atoms with Gasteiger partial charge in [0.15, 0.2) is 17.2 Å². The van der Waals surface area contributed by atoms with Gasteiger partial charge in [0.2, 0.25) is 0 Å². The first-order chi connectivity index (χ1) is 16.3. The van der Waals surface area contributed by atoms with E-state index in [0.29, 0.717) is 11.3 Å². The number of Topliss-reactive ketones (excluding diaryl/α,β-unsaturated/α-hetero) is 2. The second kappa shape index (κ2) is 7.95. The van der Waals surface area contributed by atoms with E-state index in [-0.39, 0.29) is 11.3 Å². The molecule has 35 heavy (non-hydrogen) atoms. The molecule has 1 aromatic carbocycles. The fourth-order valence-corrected chi connectivity index (χ4v) is 6.07. The molecule has 1 saturated carbocycles. The molecule has 13 nitrogen and oxygen atoms in total. The van der Waals surface area contributed by atoms with Crippen LogP contribution in [0.25, 0.3) is 10.4 Å². The van der Waals surface area contributed by atoms with Crippen molar-refractivity contribution in [3.63, 3.8) is 0 Å². The molecule has 0 saturated heterocycles. The summed E-state index contributed by atoms with van der Waals surface area (Å²) in [5.74, 6) is -9.68. The number of hydrogen-bond acceptors (Lipinski definition) is 10. The number of anilines is 1. The fraction of sp³-hybridized carbons (Fsp3) is 0.500. The zero-order valence-corrected chi connectivity index (χ0v) is 19.1. The Kier molecular flexibility index (Phi) is 5.56. The zero-order valence-electron chi connectivity index (χ0n) is 19.1. The summed E-state index contributed by atoms with van der Waals surface area (Å²) < 4.78 is 0. The summed E-state index contributed by atoms with van der Waals surface area (Å²) in [5, 5.41) is 59.0. The van der Waals surface area contributed by atoms with Crippen LogP contribution in [0.1, 0.15) is 35.2 Å². The van der Waals surface area contributed by atoms with Gasteiger partial charge >= 0.3 is 0 Å². The number of phenols is 1. The number of benzene rings is 1. The number of hydrogen-bond donors (Lipinski definition) is 6. The molecule has 3 aliphatic carbocycles. The Bertz CT molecular complexity index is 1250. The van der Waals surface area contributed by atoms with Gasteiger partial charge in [0.1, 0.15) is 23.2 Å². The van der Waals surface area contributed by atoms with E-state index in [1.807, 2.05) is 0 Å². The van der Waals surface area contributed by atoms with E-state index in [1.54, 1.807) is 25.9 Å². The highest BCUT2D eigenvalue weighted by atomic mass is 16.4. The van der Waals surface area contributed by atoms with E-state index in [0.717, 1.165) is 0 Å². The quantitative estimate of drug-likeness (QED) is 0.149. The predicted molar refractivity (Wildman–Crippen MR) is 120 cm³/mol. The van der Waals surface area contributed by atoms with Gasteiger partial charge < -0.3 is 36.2 Å². The van der Waals surface area contributed by atoms with E-state index in [4.69, 9.17) is 11.3 Å². The Morgan fingerprint density at radius 2 is 1.91 bits per heavy atom. The van der Waals surface area contributed by atoms with E-state index >= 15 is 0 Å². The molecule has 0 aromatic heterocycles. The number of aliphatic hydroxyl groups is 4.